The van der Waals surface area contributed by atoms with Crippen LogP contribution in [0.4, 0.5) is 0 Å². The molecular formula is C7H14O2. The lowest BCUT2D eigenvalue weighted by atomic mass is 10.3. The summed E-state index contributed by atoms with van der Waals surface area (Å²) in [5.41, 5.74) is 0.389. The molecule has 0 aromatic rings. The van der Waals surface area contributed by atoms with Crippen LogP contribution in [0.25, 0.3) is 0 Å². The van der Waals surface area contributed by atoms with Crippen molar-refractivity contribution in [1.82, 2.24) is 0 Å². The number of aliphatic carboxylic acids is 1. The zero-order valence-electron chi connectivity index (χ0n) is 6.43. The summed E-state index contributed by atoms with van der Waals surface area (Å²) in [6.45, 7) is 7.26. The minimum absolute atomic E-state index is 0.389. The predicted octanol–water partition coefficient (Wildman–Crippen LogP) is 2.06. The molecule has 9 heavy (non-hydrogen) atoms. The van der Waals surface area contributed by atoms with Crippen molar-refractivity contribution in [3.8, 4) is 0 Å². The van der Waals surface area contributed by atoms with Gasteiger partial charge in [0.15, 0.2) is 0 Å². The average Bonchev–Trinajstić information content (AvgIpc) is 1.91. The van der Waals surface area contributed by atoms with Gasteiger partial charge in [0.05, 0.1) is 0 Å². The third-order valence-electron chi connectivity index (χ3n) is 0.770. The lowest BCUT2D eigenvalue weighted by molar-refractivity contribution is -0.132. The van der Waals surface area contributed by atoms with Gasteiger partial charge >= 0.3 is 5.97 Å². The zero-order chi connectivity index (χ0) is 7.86. The topological polar surface area (TPSA) is 37.3 Å². The van der Waals surface area contributed by atoms with Gasteiger partial charge in [0, 0.05) is 5.57 Å². The molecule has 0 fully saturated rings. The SMILES string of the molecule is C/C=C(/C)C(=O)O.CC. The number of allylic oxidation sites excluding steroid dienone is 1. The summed E-state index contributed by atoms with van der Waals surface area (Å²) in [6, 6.07) is 0. The van der Waals surface area contributed by atoms with Crippen molar-refractivity contribution in [1.29, 1.82) is 0 Å². The van der Waals surface area contributed by atoms with Crippen LogP contribution in [0.3, 0.4) is 0 Å². The number of carbonyl (C=O) groups is 1. The third-order valence-corrected chi connectivity index (χ3v) is 0.770. The van der Waals surface area contributed by atoms with Crippen LogP contribution in [0.15, 0.2) is 11.6 Å². The third kappa shape index (κ3) is 7.21. The van der Waals surface area contributed by atoms with E-state index in [4.69, 9.17) is 5.11 Å². The highest BCUT2D eigenvalue weighted by Crippen LogP contribution is 1.87. The van der Waals surface area contributed by atoms with Crippen LogP contribution in [0, 0.1) is 0 Å². The first-order valence-corrected chi connectivity index (χ1v) is 3.04. The Labute approximate surface area is 56.2 Å². The molecule has 0 saturated carbocycles. The molecule has 0 radical (unpaired) electrons. The molecule has 1 N–H and O–H groups in total. The number of carboxylic acid groups (broad SMARTS) is 1. The molecule has 0 aliphatic carbocycles. The largest absolute Gasteiger partial charge is 0.478 e. The molecule has 2 heteroatoms. The molecule has 0 aliphatic heterocycles. The zero-order valence-corrected chi connectivity index (χ0v) is 6.43. The summed E-state index contributed by atoms with van der Waals surface area (Å²) >= 11 is 0. The molecule has 54 valence electrons. The van der Waals surface area contributed by atoms with E-state index in [1.807, 2.05) is 13.8 Å². The maximum absolute atomic E-state index is 9.86. The molecule has 0 amide bonds. The molecule has 0 bridgehead atoms. The molecule has 2 nitrogen and oxygen atoms in total. The highest BCUT2D eigenvalue weighted by molar-refractivity contribution is 5.85. The number of rotatable bonds is 1. The van der Waals surface area contributed by atoms with Gasteiger partial charge in [-0.05, 0) is 13.8 Å². The highest BCUT2D eigenvalue weighted by Gasteiger charge is 1.93. The molecular weight excluding hydrogens is 116 g/mol. The maximum Gasteiger partial charge on any atom is 0.330 e. The van der Waals surface area contributed by atoms with E-state index < -0.39 is 5.97 Å². The van der Waals surface area contributed by atoms with Gasteiger partial charge in [-0.3, -0.25) is 0 Å². The van der Waals surface area contributed by atoms with Crippen LogP contribution in [-0.4, -0.2) is 11.1 Å². The monoisotopic (exact) mass is 130 g/mol. The van der Waals surface area contributed by atoms with Gasteiger partial charge in [-0.25, -0.2) is 4.79 Å². The Hall–Kier alpha value is -0.790. The van der Waals surface area contributed by atoms with E-state index in [-0.39, 0.29) is 0 Å². The molecule has 0 spiro atoms. The van der Waals surface area contributed by atoms with Gasteiger partial charge in [0.25, 0.3) is 0 Å². The minimum Gasteiger partial charge on any atom is -0.478 e. The Morgan fingerprint density at radius 3 is 1.78 bits per heavy atom. The fourth-order valence-electron chi connectivity index (χ4n) is 0.123. The van der Waals surface area contributed by atoms with Gasteiger partial charge in [-0.1, -0.05) is 19.9 Å². The molecule has 0 unspecified atom stereocenters. The van der Waals surface area contributed by atoms with Gasteiger partial charge in [0.1, 0.15) is 0 Å². The minimum atomic E-state index is -0.845. The van der Waals surface area contributed by atoms with Crippen LogP contribution < -0.4 is 0 Å². The Balaban J connectivity index is 0. The van der Waals surface area contributed by atoms with Crippen molar-refractivity contribution in [2.45, 2.75) is 27.7 Å². The Kier molecular flexibility index (Phi) is 8.87. The number of hydrogen-bond donors (Lipinski definition) is 1. The first-order valence-electron chi connectivity index (χ1n) is 3.04. The van der Waals surface area contributed by atoms with E-state index in [0.717, 1.165) is 0 Å². The van der Waals surface area contributed by atoms with E-state index in [1.54, 1.807) is 19.9 Å². The summed E-state index contributed by atoms with van der Waals surface area (Å²) in [4.78, 5) is 9.86. The van der Waals surface area contributed by atoms with E-state index in [0.29, 0.717) is 5.57 Å². The van der Waals surface area contributed by atoms with E-state index >= 15 is 0 Å². The second-order valence-corrected chi connectivity index (χ2v) is 1.28. The average molecular weight is 130 g/mol. The van der Waals surface area contributed by atoms with E-state index in [1.165, 1.54) is 0 Å². The van der Waals surface area contributed by atoms with Crippen LogP contribution in [0.5, 0.6) is 0 Å². The Bertz CT molecular complexity index is 103. The summed E-state index contributed by atoms with van der Waals surface area (Å²) < 4.78 is 0. The van der Waals surface area contributed by atoms with Crippen molar-refractivity contribution in [3.63, 3.8) is 0 Å². The second kappa shape index (κ2) is 7.21. The van der Waals surface area contributed by atoms with Crippen molar-refractivity contribution < 1.29 is 9.90 Å². The van der Waals surface area contributed by atoms with Crippen LogP contribution in [0.2, 0.25) is 0 Å². The molecule has 0 aliphatic rings. The highest BCUT2D eigenvalue weighted by atomic mass is 16.4. The number of carboxylic acids is 1. The normalized spacial score (nSPS) is 9.56. The van der Waals surface area contributed by atoms with Gasteiger partial charge in [0.2, 0.25) is 0 Å². The van der Waals surface area contributed by atoms with Crippen molar-refractivity contribution in [2.75, 3.05) is 0 Å². The van der Waals surface area contributed by atoms with Gasteiger partial charge < -0.3 is 5.11 Å². The van der Waals surface area contributed by atoms with Gasteiger partial charge in [-0.15, -0.1) is 0 Å². The predicted molar refractivity (Wildman–Crippen MR) is 38.4 cm³/mol. The first-order chi connectivity index (χ1) is 4.18. The fourth-order valence-corrected chi connectivity index (χ4v) is 0.123. The molecule has 0 rings (SSSR count). The molecule has 0 aromatic heterocycles. The summed E-state index contributed by atoms with van der Waals surface area (Å²) in [7, 11) is 0. The lowest BCUT2D eigenvalue weighted by Gasteiger charge is -1.84. The van der Waals surface area contributed by atoms with Crippen molar-refractivity contribution >= 4 is 5.97 Å². The Morgan fingerprint density at radius 2 is 1.78 bits per heavy atom. The molecule has 0 atom stereocenters. The van der Waals surface area contributed by atoms with Gasteiger partial charge in [-0.2, -0.15) is 0 Å². The summed E-state index contributed by atoms with van der Waals surface area (Å²) in [5, 5.41) is 8.11. The molecule has 0 heterocycles. The summed E-state index contributed by atoms with van der Waals surface area (Å²) in [6.07, 6.45) is 1.56. The standard InChI is InChI=1S/C5H8O2.C2H6/c1-3-4(2)5(6)7;1-2/h3H,1-2H3,(H,6,7);1-2H3/b4-3-;. The quantitative estimate of drug-likeness (QED) is 0.551. The second-order valence-electron chi connectivity index (χ2n) is 1.28. The molecule has 0 saturated heterocycles. The summed E-state index contributed by atoms with van der Waals surface area (Å²) in [5.74, 6) is -0.845. The van der Waals surface area contributed by atoms with E-state index in [2.05, 4.69) is 0 Å². The fraction of sp³-hybridized carbons (Fsp3) is 0.571. The van der Waals surface area contributed by atoms with E-state index in [9.17, 15) is 4.79 Å². The number of hydrogen-bond acceptors (Lipinski definition) is 1. The smallest absolute Gasteiger partial charge is 0.330 e. The maximum atomic E-state index is 9.86. The van der Waals surface area contributed by atoms with Crippen LogP contribution in [-0.2, 0) is 4.79 Å². The van der Waals surface area contributed by atoms with Crippen molar-refractivity contribution in [2.24, 2.45) is 0 Å². The first kappa shape index (κ1) is 11.1. The lowest BCUT2D eigenvalue weighted by Crippen LogP contribution is -1.93. The van der Waals surface area contributed by atoms with Crippen LogP contribution in [0.1, 0.15) is 27.7 Å². The van der Waals surface area contributed by atoms with Crippen molar-refractivity contribution in [3.05, 3.63) is 11.6 Å². The van der Waals surface area contributed by atoms with Crippen LogP contribution >= 0.6 is 0 Å². The Morgan fingerprint density at radius 1 is 1.44 bits per heavy atom. The molecule has 0 aromatic carbocycles.